The molecule has 2 aromatic carbocycles. The summed E-state index contributed by atoms with van der Waals surface area (Å²) < 4.78 is 81.3. The first-order valence-electron chi connectivity index (χ1n) is 8.57. The van der Waals surface area contributed by atoms with Gasteiger partial charge in [-0.1, -0.05) is 23.2 Å². The van der Waals surface area contributed by atoms with Crippen LogP contribution in [-0.2, 0) is 18.8 Å². The van der Waals surface area contributed by atoms with Gasteiger partial charge in [0, 0.05) is 22.7 Å². The average Bonchev–Trinajstić information content (AvgIpc) is 3.23. The predicted molar refractivity (Wildman–Crippen MR) is 101 cm³/mol. The Morgan fingerprint density at radius 1 is 0.933 bits per heavy atom. The quantitative estimate of drug-likeness (QED) is 0.419. The second-order valence-corrected chi connectivity index (χ2v) is 7.46. The second-order valence-electron chi connectivity index (χ2n) is 6.62. The molecule has 0 unspecified atom stereocenters. The fourth-order valence-corrected chi connectivity index (χ4v) is 3.75. The predicted octanol–water partition coefficient (Wildman–Crippen LogP) is 6.85. The summed E-state index contributed by atoms with van der Waals surface area (Å²) in [4.78, 5) is 0. The first-order valence-corrected chi connectivity index (χ1v) is 9.32. The van der Waals surface area contributed by atoms with Gasteiger partial charge in [-0.25, -0.2) is 4.68 Å². The van der Waals surface area contributed by atoms with Crippen molar-refractivity contribution in [3.63, 3.8) is 0 Å². The Hall–Kier alpha value is -2.39. The molecule has 11 heteroatoms. The van der Waals surface area contributed by atoms with E-state index in [0.717, 1.165) is 35.0 Å². The molecule has 0 spiro atoms. The summed E-state index contributed by atoms with van der Waals surface area (Å²) in [6, 6.07) is 6.00. The monoisotopic (exact) mass is 465 g/mol. The average molecular weight is 466 g/mol. The van der Waals surface area contributed by atoms with Gasteiger partial charge in [0.05, 0.1) is 27.5 Å². The Labute approximate surface area is 176 Å². The van der Waals surface area contributed by atoms with Gasteiger partial charge in [0.1, 0.15) is 5.82 Å². The van der Waals surface area contributed by atoms with Crippen LogP contribution in [0.2, 0.25) is 10.0 Å². The van der Waals surface area contributed by atoms with Crippen molar-refractivity contribution in [2.45, 2.75) is 18.8 Å². The van der Waals surface area contributed by atoms with Crippen molar-refractivity contribution in [3.05, 3.63) is 63.1 Å². The highest BCUT2D eigenvalue weighted by Gasteiger charge is 2.37. The molecule has 0 amide bonds. The number of anilines is 1. The Kier molecular flexibility index (Phi) is 4.93. The third-order valence-corrected chi connectivity index (χ3v) is 5.26. The molecule has 0 aliphatic carbocycles. The van der Waals surface area contributed by atoms with Crippen molar-refractivity contribution in [2.75, 3.05) is 11.9 Å². The van der Waals surface area contributed by atoms with Crippen LogP contribution in [0.5, 0.6) is 0 Å². The van der Waals surface area contributed by atoms with Crippen molar-refractivity contribution in [1.29, 1.82) is 0 Å². The standard InChI is InChI=1S/C19H11Cl2F6N3/c20-10-2-4-15(13(8-10)19(25,26)27)30-17-11(5-6-28-17)16(29-30)12-7-9(18(22,23)24)1-3-14(12)21/h1-4,7-8,28H,5-6H2. The van der Waals surface area contributed by atoms with E-state index in [1.807, 2.05) is 0 Å². The number of alkyl halides is 6. The molecule has 1 aromatic heterocycles. The molecule has 0 saturated heterocycles. The zero-order chi connectivity index (χ0) is 21.8. The van der Waals surface area contributed by atoms with Crippen LogP contribution in [0.15, 0.2) is 36.4 Å². The Balaban J connectivity index is 1.95. The van der Waals surface area contributed by atoms with E-state index in [1.54, 1.807) is 0 Å². The van der Waals surface area contributed by atoms with Gasteiger partial charge in [-0.05, 0) is 42.8 Å². The van der Waals surface area contributed by atoms with Gasteiger partial charge in [-0.2, -0.15) is 31.4 Å². The van der Waals surface area contributed by atoms with Gasteiger partial charge in [-0.3, -0.25) is 0 Å². The number of hydrogen-bond donors (Lipinski definition) is 1. The molecular weight excluding hydrogens is 455 g/mol. The molecule has 1 N–H and O–H groups in total. The van der Waals surface area contributed by atoms with Crippen LogP contribution in [0.4, 0.5) is 32.2 Å². The van der Waals surface area contributed by atoms with Crippen LogP contribution in [0.1, 0.15) is 16.7 Å². The number of fused-ring (bicyclic) bond motifs is 1. The van der Waals surface area contributed by atoms with Gasteiger partial charge >= 0.3 is 12.4 Å². The van der Waals surface area contributed by atoms with E-state index >= 15 is 0 Å². The van der Waals surface area contributed by atoms with E-state index in [9.17, 15) is 26.3 Å². The molecule has 4 rings (SSSR count). The highest BCUT2D eigenvalue weighted by Crippen LogP contribution is 2.42. The molecule has 30 heavy (non-hydrogen) atoms. The number of aromatic nitrogens is 2. The van der Waals surface area contributed by atoms with Crippen molar-refractivity contribution < 1.29 is 26.3 Å². The molecule has 2 heterocycles. The normalized spacial score (nSPS) is 14.0. The minimum Gasteiger partial charge on any atom is -0.369 e. The van der Waals surface area contributed by atoms with Crippen LogP contribution in [0, 0.1) is 0 Å². The molecule has 0 bridgehead atoms. The summed E-state index contributed by atoms with van der Waals surface area (Å²) in [5, 5.41) is 7.07. The van der Waals surface area contributed by atoms with Gasteiger partial charge in [-0.15, -0.1) is 0 Å². The smallest absolute Gasteiger partial charge is 0.369 e. The Morgan fingerprint density at radius 3 is 2.33 bits per heavy atom. The topological polar surface area (TPSA) is 29.9 Å². The summed E-state index contributed by atoms with van der Waals surface area (Å²) >= 11 is 11.9. The molecule has 1 aliphatic rings. The van der Waals surface area contributed by atoms with Crippen molar-refractivity contribution >= 4 is 29.0 Å². The maximum atomic E-state index is 13.6. The summed E-state index contributed by atoms with van der Waals surface area (Å²) in [6.45, 7) is 0.395. The van der Waals surface area contributed by atoms with E-state index in [1.165, 1.54) is 6.07 Å². The number of benzene rings is 2. The highest BCUT2D eigenvalue weighted by atomic mass is 35.5. The minimum absolute atomic E-state index is 0.00675. The lowest BCUT2D eigenvalue weighted by atomic mass is 10.0. The first-order chi connectivity index (χ1) is 14.0. The number of nitrogens with zero attached hydrogens (tertiary/aromatic N) is 2. The van der Waals surface area contributed by atoms with Crippen LogP contribution in [-0.4, -0.2) is 16.3 Å². The van der Waals surface area contributed by atoms with Gasteiger partial charge in [0.25, 0.3) is 0 Å². The number of nitrogens with one attached hydrogen (secondary N) is 1. The lowest BCUT2D eigenvalue weighted by molar-refractivity contribution is -0.138. The minimum atomic E-state index is -4.72. The van der Waals surface area contributed by atoms with Crippen molar-refractivity contribution in [2.24, 2.45) is 0 Å². The van der Waals surface area contributed by atoms with Gasteiger partial charge < -0.3 is 5.32 Å². The zero-order valence-corrected chi connectivity index (χ0v) is 16.3. The largest absolute Gasteiger partial charge is 0.418 e. The van der Waals surface area contributed by atoms with E-state index < -0.39 is 23.5 Å². The summed E-state index contributed by atoms with van der Waals surface area (Å²) in [5.74, 6) is 0.270. The molecule has 158 valence electrons. The zero-order valence-electron chi connectivity index (χ0n) is 14.8. The summed E-state index contributed by atoms with van der Waals surface area (Å²) in [6.07, 6.45) is -8.96. The molecule has 3 aromatic rings. The molecule has 0 fully saturated rings. The Morgan fingerprint density at radius 2 is 1.67 bits per heavy atom. The number of hydrogen-bond acceptors (Lipinski definition) is 2. The third-order valence-electron chi connectivity index (χ3n) is 4.69. The van der Waals surface area contributed by atoms with E-state index in [2.05, 4.69) is 10.4 Å². The maximum absolute atomic E-state index is 13.6. The van der Waals surface area contributed by atoms with Crippen molar-refractivity contribution in [1.82, 2.24) is 9.78 Å². The molecule has 1 aliphatic heterocycles. The lowest BCUT2D eigenvalue weighted by Gasteiger charge is -2.15. The molecule has 0 radical (unpaired) electrons. The third kappa shape index (κ3) is 3.60. The summed E-state index contributed by atoms with van der Waals surface area (Å²) in [7, 11) is 0. The van der Waals surface area contributed by atoms with Gasteiger partial charge in [0.2, 0.25) is 0 Å². The highest BCUT2D eigenvalue weighted by molar-refractivity contribution is 6.33. The fourth-order valence-electron chi connectivity index (χ4n) is 3.37. The van der Waals surface area contributed by atoms with Crippen LogP contribution in [0.25, 0.3) is 16.9 Å². The Bertz CT molecular complexity index is 1130. The molecule has 0 atom stereocenters. The van der Waals surface area contributed by atoms with E-state index in [-0.39, 0.29) is 32.8 Å². The molecule has 0 saturated carbocycles. The summed E-state index contributed by atoms with van der Waals surface area (Å²) in [5.41, 5.74) is -1.68. The van der Waals surface area contributed by atoms with Crippen LogP contribution in [0.3, 0.4) is 0 Å². The van der Waals surface area contributed by atoms with E-state index in [0.29, 0.717) is 18.5 Å². The maximum Gasteiger partial charge on any atom is 0.418 e. The number of rotatable bonds is 2. The molecular formula is C19H11Cl2F6N3. The fraction of sp³-hybridized carbons (Fsp3) is 0.211. The second kappa shape index (κ2) is 7.09. The van der Waals surface area contributed by atoms with Crippen LogP contribution < -0.4 is 5.32 Å². The lowest BCUT2D eigenvalue weighted by Crippen LogP contribution is -2.13. The van der Waals surface area contributed by atoms with Crippen LogP contribution >= 0.6 is 23.2 Å². The molecule has 3 nitrogen and oxygen atoms in total. The van der Waals surface area contributed by atoms with E-state index in [4.69, 9.17) is 23.2 Å². The van der Waals surface area contributed by atoms with Crippen molar-refractivity contribution in [3.8, 4) is 16.9 Å². The number of halogens is 8. The van der Waals surface area contributed by atoms with Gasteiger partial charge in [0.15, 0.2) is 0 Å². The first kappa shape index (κ1) is 20.9. The SMILES string of the molecule is FC(F)(F)c1ccc(Cl)c(-c2nn(-c3ccc(Cl)cc3C(F)(F)F)c3c2CCN3)c1.